The Labute approximate surface area is 208 Å². The predicted molar refractivity (Wildman–Crippen MR) is 137 cm³/mol. The van der Waals surface area contributed by atoms with E-state index in [1.807, 2.05) is 81.3 Å². The number of hydrogen-bond acceptors (Lipinski definition) is 2. The van der Waals surface area contributed by atoms with Crippen molar-refractivity contribution in [2.75, 3.05) is 13.1 Å². The minimum Gasteiger partial charge on any atom is -0.345 e. The van der Waals surface area contributed by atoms with Gasteiger partial charge in [0.25, 0.3) is 0 Å². The zero-order chi connectivity index (χ0) is 25.4. The van der Waals surface area contributed by atoms with Crippen molar-refractivity contribution in [2.24, 2.45) is 5.41 Å². The molecule has 0 radical (unpaired) electrons. The Bertz CT molecular complexity index is 1100. The highest BCUT2D eigenvalue weighted by atomic mass is 19.1. The summed E-state index contributed by atoms with van der Waals surface area (Å²) in [4.78, 5) is 30.1. The van der Waals surface area contributed by atoms with E-state index in [-0.39, 0.29) is 24.2 Å². The normalized spacial score (nSPS) is 11.3. The number of carbonyl (C=O) groups is 2. The summed E-state index contributed by atoms with van der Waals surface area (Å²) in [5.74, 6) is -0.371. The number of carbonyl (C=O) groups excluding carboxylic acids is 2. The minimum absolute atomic E-state index is 0.0213. The van der Waals surface area contributed by atoms with E-state index in [9.17, 15) is 14.0 Å². The van der Waals surface area contributed by atoms with Gasteiger partial charge < -0.3 is 14.4 Å². The maximum absolute atomic E-state index is 13.6. The standard InChI is InChI=1S/C29H36FN3O2/c1-5-17-32(28(35)29(2,3)4)22-27(34)33(20-23-10-7-6-8-11-23)21-26-12-9-18-31(26)19-24-13-15-25(30)16-14-24/h6-16,18H,5,17,19-22H2,1-4H3. The average Bonchev–Trinajstić information content (AvgIpc) is 3.25. The maximum Gasteiger partial charge on any atom is 0.242 e. The van der Waals surface area contributed by atoms with E-state index in [2.05, 4.69) is 4.57 Å². The van der Waals surface area contributed by atoms with E-state index in [0.717, 1.165) is 23.2 Å². The van der Waals surface area contributed by atoms with E-state index in [1.165, 1.54) is 12.1 Å². The highest BCUT2D eigenvalue weighted by molar-refractivity contribution is 5.87. The molecule has 0 spiro atoms. The topological polar surface area (TPSA) is 45.6 Å². The Kier molecular flexibility index (Phi) is 8.85. The Balaban J connectivity index is 1.82. The molecule has 186 valence electrons. The maximum atomic E-state index is 13.6. The van der Waals surface area contributed by atoms with Crippen LogP contribution in [0.5, 0.6) is 0 Å². The molecule has 2 amide bonds. The van der Waals surface area contributed by atoms with Gasteiger partial charge in [-0.3, -0.25) is 9.59 Å². The first-order valence-corrected chi connectivity index (χ1v) is 12.2. The van der Waals surface area contributed by atoms with Crippen LogP contribution in [0.1, 0.15) is 50.9 Å². The van der Waals surface area contributed by atoms with Gasteiger partial charge in [-0.1, -0.05) is 70.2 Å². The van der Waals surface area contributed by atoms with Gasteiger partial charge in [0.2, 0.25) is 11.8 Å². The fraction of sp³-hybridized carbons (Fsp3) is 0.379. The molecule has 35 heavy (non-hydrogen) atoms. The van der Waals surface area contributed by atoms with Gasteiger partial charge in [0.05, 0.1) is 13.1 Å². The van der Waals surface area contributed by atoms with Crippen LogP contribution < -0.4 is 0 Å². The molecule has 0 saturated carbocycles. The van der Waals surface area contributed by atoms with Gasteiger partial charge in [-0.25, -0.2) is 4.39 Å². The lowest BCUT2D eigenvalue weighted by Gasteiger charge is -2.31. The molecule has 2 aromatic carbocycles. The number of rotatable bonds is 10. The number of nitrogens with zero attached hydrogens (tertiary/aromatic N) is 3. The molecule has 3 aromatic rings. The second-order valence-corrected chi connectivity index (χ2v) is 9.97. The molecule has 0 unspecified atom stereocenters. The van der Waals surface area contributed by atoms with Crippen molar-refractivity contribution >= 4 is 11.8 Å². The number of halogens is 1. The summed E-state index contributed by atoms with van der Waals surface area (Å²) >= 11 is 0. The van der Waals surface area contributed by atoms with Crippen molar-refractivity contribution < 1.29 is 14.0 Å². The molecule has 1 heterocycles. The van der Waals surface area contributed by atoms with Gasteiger partial charge in [0.1, 0.15) is 5.82 Å². The van der Waals surface area contributed by atoms with E-state index in [4.69, 9.17) is 0 Å². The second kappa shape index (κ2) is 11.8. The molecule has 0 N–H and O–H groups in total. The van der Waals surface area contributed by atoms with Crippen LogP contribution in [0, 0.1) is 11.2 Å². The number of hydrogen-bond donors (Lipinski definition) is 0. The molecule has 3 rings (SSSR count). The molecule has 0 saturated heterocycles. The van der Waals surface area contributed by atoms with E-state index < -0.39 is 5.41 Å². The molecule has 0 aliphatic heterocycles. The third-order valence-corrected chi connectivity index (χ3v) is 5.86. The second-order valence-electron chi connectivity index (χ2n) is 9.97. The number of benzene rings is 2. The van der Waals surface area contributed by atoms with Crippen LogP contribution in [0.3, 0.4) is 0 Å². The van der Waals surface area contributed by atoms with Crippen LogP contribution in [-0.2, 0) is 29.2 Å². The van der Waals surface area contributed by atoms with Crippen molar-refractivity contribution in [1.29, 1.82) is 0 Å². The Morgan fingerprint density at radius 3 is 2.17 bits per heavy atom. The average molecular weight is 478 g/mol. The van der Waals surface area contributed by atoms with Crippen LogP contribution >= 0.6 is 0 Å². The zero-order valence-electron chi connectivity index (χ0n) is 21.2. The van der Waals surface area contributed by atoms with Gasteiger partial charge >= 0.3 is 0 Å². The summed E-state index contributed by atoms with van der Waals surface area (Å²) in [6.07, 6.45) is 2.75. The van der Waals surface area contributed by atoms with E-state index >= 15 is 0 Å². The third kappa shape index (κ3) is 7.54. The quantitative estimate of drug-likeness (QED) is 0.388. The largest absolute Gasteiger partial charge is 0.345 e. The fourth-order valence-electron chi connectivity index (χ4n) is 4.03. The third-order valence-electron chi connectivity index (χ3n) is 5.86. The smallest absolute Gasteiger partial charge is 0.242 e. The summed E-state index contributed by atoms with van der Waals surface area (Å²) in [6, 6.07) is 20.3. The van der Waals surface area contributed by atoms with Crippen molar-refractivity contribution in [1.82, 2.24) is 14.4 Å². The molecule has 0 atom stereocenters. The lowest BCUT2D eigenvalue weighted by molar-refractivity contribution is -0.146. The van der Waals surface area contributed by atoms with Gasteiger partial charge in [0, 0.05) is 36.9 Å². The number of aromatic nitrogens is 1. The van der Waals surface area contributed by atoms with Crippen molar-refractivity contribution in [3.63, 3.8) is 0 Å². The monoisotopic (exact) mass is 477 g/mol. The molecular weight excluding hydrogens is 441 g/mol. The summed E-state index contributed by atoms with van der Waals surface area (Å²) in [7, 11) is 0. The van der Waals surface area contributed by atoms with Gasteiger partial charge in [-0.15, -0.1) is 0 Å². The highest BCUT2D eigenvalue weighted by Crippen LogP contribution is 2.19. The Morgan fingerprint density at radius 1 is 0.857 bits per heavy atom. The molecule has 6 heteroatoms. The summed E-state index contributed by atoms with van der Waals surface area (Å²) in [5, 5.41) is 0. The van der Waals surface area contributed by atoms with Crippen molar-refractivity contribution in [2.45, 2.75) is 53.8 Å². The van der Waals surface area contributed by atoms with E-state index in [1.54, 1.807) is 17.0 Å². The Morgan fingerprint density at radius 2 is 1.54 bits per heavy atom. The van der Waals surface area contributed by atoms with Crippen LogP contribution in [0.2, 0.25) is 0 Å². The van der Waals surface area contributed by atoms with Crippen LogP contribution in [-0.4, -0.2) is 39.3 Å². The molecule has 5 nitrogen and oxygen atoms in total. The van der Waals surface area contributed by atoms with E-state index in [0.29, 0.717) is 26.2 Å². The lowest BCUT2D eigenvalue weighted by Crippen LogP contribution is -2.46. The zero-order valence-corrected chi connectivity index (χ0v) is 21.2. The molecule has 0 aliphatic carbocycles. The molecule has 1 aromatic heterocycles. The number of amides is 2. The van der Waals surface area contributed by atoms with Crippen LogP contribution in [0.4, 0.5) is 4.39 Å². The minimum atomic E-state index is -0.552. The summed E-state index contributed by atoms with van der Waals surface area (Å²) < 4.78 is 15.4. The molecule has 0 fully saturated rings. The molecule has 0 aliphatic rings. The summed E-state index contributed by atoms with van der Waals surface area (Å²) in [5.41, 5.74) is 2.43. The van der Waals surface area contributed by atoms with Gasteiger partial charge in [-0.2, -0.15) is 0 Å². The molecule has 0 bridgehead atoms. The first-order valence-electron chi connectivity index (χ1n) is 12.2. The highest BCUT2D eigenvalue weighted by Gasteiger charge is 2.29. The first kappa shape index (κ1) is 26.2. The SMILES string of the molecule is CCCN(CC(=O)N(Cc1ccccc1)Cc1cccn1Cc1ccc(F)cc1)C(=O)C(C)(C)C. The lowest BCUT2D eigenvalue weighted by atomic mass is 9.94. The van der Waals surface area contributed by atoms with Gasteiger partial charge in [-0.05, 0) is 41.8 Å². The predicted octanol–water partition coefficient (Wildman–Crippen LogP) is 5.49. The van der Waals surface area contributed by atoms with Crippen LogP contribution in [0.15, 0.2) is 72.9 Å². The van der Waals surface area contributed by atoms with Gasteiger partial charge in [0.15, 0.2) is 0 Å². The first-order chi connectivity index (χ1) is 16.7. The van der Waals surface area contributed by atoms with Crippen molar-refractivity contribution in [3.8, 4) is 0 Å². The summed E-state index contributed by atoms with van der Waals surface area (Å²) in [6.45, 7) is 9.69. The van der Waals surface area contributed by atoms with Crippen LogP contribution in [0.25, 0.3) is 0 Å². The van der Waals surface area contributed by atoms with Crippen molar-refractivity contribution in [3.05, 3.63) is 95.6 Å². The molecular formula is C29H36FN3O2. The fourth-order valence-corrected chi connectivity index (χ4v) is 4.03. The Hall–Kier alpha value is -3.41.